The molecule has 14 heteroatoms. The fraction of sp³-hybridized carbons (Fsp3) is 0.519. The smallest absolute Gasteiger partial charge is 0.433 e. The number of nitrogens with zero attached hydrogens (tertiary/aromatic N) is 6. The van der Waals surface area contributed by atoms with Crippen LogP contribution in [0, 0.1) is 5.41 Å². The van der Waals surface area contributed by atoms with Crippen LogP contribution in [0.5, 0.6) is 5.75 Å². The van der Waals surface area contributed by atoms with Crippen molar-refractivity contribution < 1.29 is 31.1 Å². The Morgan fingerprint density at radius 2 is 1.68 bits per heavy atom. The summed E-state index contributed by atoms with van der Waals surface area (Å²) in [6.07, 6.45) is -7.62. The molecule has 4 heterocycles. The predicted octanol–water partition coefficient (Wildman–Crippen LogP) is 6.38. The van der Waals surface area contributed by atoms with Crippen LogP contribution in [-0.2, 0) is 19.3 Å². The molecule has 7 nitrogen and oxygen atoms in total. The Kier molecular flexibility index (Phi) is 6.31. The Labute approximate surface area is 237 Å². The van der Waals surface area contributed by atoms with Crippen LogP contribution in [0.3, 0.4) is 0 Å². The van der Waals surface area contributed by atoms with E-state index in [1.165, 1.54) is 18.1 Å². The van der Waals surface area contributed by atoms with Crippen molar-refractivity contribution in [3.05, 3.63) is 58.3 Å². The number of alkyl halides is 6. The van der Waals surface area contributed by atoms with E-state index in [2.05, 4.69) is 15.2 Å². The van der Waals surface area contributed by atoms with Gasteiger partial charge in [-0.3, -0.25) is 9.47 Å². The second-order valence-corrected chi connectivity index (χ2v) is 12.1. The van der Waals surface area contributed by atoms with Crippen molar-refractivity contribution in [3.63, 3.8) is 0 Å². The van der Waals surface area contributed by atoms with E-state index in [4.69, 9.17) is 16.3 Å². The molecule has 0 N–H and O–H groups in total. The van der Waals surface area contributed by atoms with Crippen molar-refractivity contribution in [2.24, 2.45) is 5.41 Å². The lowest BCUT2D eigenvalue weighted by Gasteiger charge is -2.59. The lowest BCUT2D eigenvalue weighted by Crippen LogP contribution is -2.62. The number of aromatic nitrogens is 4. The number of hydrogen-bond acceptors (Lipinski definition) is 6. The van der Waals surface area contributed by atoms with Gasteiger partial charge >= 0.3 is 12.4 Å². The first-order valence-electron chi connectivity index (χ1n) is 13.0. The molecule has 1 aliphatic carbocycles. The van der Waals surface area contributed by atoms with Crippen molar-refractivity contribution in [3.8, 4) is 11.4 Å². The molecule has 1 aromatic carbocycles. The predicted molar refractivity (Wildman–Crippen MR) is 138 cm³/mol. The molecule has 2 aliphatic heterocycles. The molecule has 6 rings (SSSR count). The molecule has 2 aromatic heterocycles. The second-order valence-electron chi connectivity index (χ2n) is 11.7. The maximum absolute atomic E-state index is 14.0. The molecule has 1 saturated carbocycles. The fourth-order valence-corrected chi connectivity index (χ4v) is 6.38. The normalized spacial score (nSPS) is 19.3. The number of anilines is 1. The number of hydrogen-bond donors (Lipinski definition) is 0. The quantitative estimate of drug-likeness (QED) is 0.324. The van der Waals surface area contributed by atoms with Gasteiger partial charge in [-0.05, 0) is 62.6 Å². The third kappa shape index (κ3) is 4.61. The highest BCUT2D eigenvalue weighted by Gasteiger charge is 2.56. The summed E-state index contributed by atoms with van der Waals surface area (Å²) in [4.78, 5) is 6.94. The Morgan fingerprint density at radius 3 is 2.32 bits per heavy atom. The first-order valence-corrected chi connectivity index (χ1v) is 13.4. The summed E-state index contributed by atoms with van der Waals surface area (Å²) >= 11 is 6.25. The van der Waals surface area contributed by atoms with Gasteiger partial charge in [0.25, 0.3) is 0 Å². The summed E-state index contributed by atoms with van der Waals surface area (Å²) in [5.41, 5.74) is -1.90. The molecule has 1 saturated heterocycles. The monoisotopic (exact) mass is 600 g/mol. The van der Waals surface area contributed by atoms with Crippen molar-refractivity contribution in [1.29, 1.82) is 0 Å². The van der Waals surface area contributed by atoms with E-state index in [1.807, 2.05) is 4.57 Å². The minimum atomic E-state index is -4.57. The Balaban J connectivity index is 1.25. The molecule has 2 fully saturated rings. The van der Waals surface area contributed by atoms with Crippen LogP contribution < -0.4 is 9.64 Å². The van der Waals surface area contributed by atoms with E-state index in [1.54, 1.807) is 23.1 Å². The molecule has 0 radical (unpaired) electrons. The highest BCUT2D eigenvalue weighted by molar-refractivity contribution is 6.30. The minimum absolute atomic E-state index is 0.0135. The summed E-state index contributed by atoms with van der Waals surface area (Å²) in [5.74, 6) is 1.49. The number of fused-ring (bicyclic) bond motifs is 3. The fourth-order valence-electron chi connectivity index (χ4n) is 6.18. The molecule has 220 valence electrons. The van der Waals surface area contributed by atoms with Gasteiger partial charge in [-0.25, -0.2) is 4.98 Å². The van der Waals surface area contributed by atoms with Crippen LogP contribution in [0.1, 0.15) is 55.5 Å². The Bertz CT molecular complexity index is 1490. The number of halogens is 7. The summed E-state index contributed by atoms with van der Waals surface area (Å²) < 4.78 is 88.9. The van der Waals surface area contributed by atoms with Crippen LogP contribution in [0.2, 0.25) is 5.02 Å². The zero-order chi connectivity index (χ0) is 29.5. The average Bonchev–Trinajstić information content (AvgIpc) is 3.15. The minimum Gasteiger partial charge on any atom is -0.493 e. The standard InChI is InChI=1S/C27H27ClF6N6O/c1-24(2,27(32,33)34)39-11-15-8-17(28)4-5-18(15)40-21(12-39)36-37-22(40)16-9-25(10-16)13-38(14-25)23-19(41-3)6-7-20(35-23)26(29,30)31/h4-8,16H,9-14H2,1-3H3. The molecule has 3 aromatic rings. The first kappa shape index (κ1) is 28.1. The van der Waals surface area contributed by atoms with Crippen LogP contribution in [0.4, 0.5) is 32.2 Å². The highest BCUT2D eigenvalue weighted by Crippen LogP contribution is 2.57. The molecule has 0 bridgehead atoms. The van der Waals surface area contributed by atoms with E-state index >= 15 is 0 Å². The van der Waals surface area contributed by atoms with Gasteiger partial charge in [0, 0.05) is 36.0 Å². The van der Waals surface area contributed by atoms with Gasteiger partial charge < -0.3 is 9.64 Å². The zero-order valence-corrected chi connectivity index (χ0v) is 23.2. The third-order valence-corrected chi connectivity index (χ3v) is 8.88. The van der Waals surface area contributed by atoms with Gasteiger partial charge in [0.15, 0.2) is 17.4 Å². The van der Waals surface area contributed by atoms with Crippen LogP contribution in [0.15, 0.2) is 30.3 Å². The Morgan fingerprint density at radius 1 is 0.976 bits per heavy atom. The van der Waals surface area contributed by atoms with E-state index in [0.717, 1.165) is 19.9 Å². The maximum Gasteiger partial charge on any atom is 0.433 e. The van der Waals surface area contributed by atoms with Crippen LogP contribution >= 0.6 is 11.6 Å². The largest absolute Gasteiger partial charge is 0.493 e. The number of pyridine rings is 1. The number of rotatable bonds is 4. The van der Waals surface area contributed by atoms with Gasteiger partial charge in [-0.1, -0.05) is 11.6 Å². The third-order valence-electron chi connectivity index (χ3n) is 8.64. The molecule has 3 aliphatic rings. The zero-order valence-electron chi connectivity index (χ0n) is 22.4. The SMILES string of the molecule is COc1ccc(C(F)(F)F)nc1N1CC2(CC(c3nnc4n3-c3ccc(Cl)cc3CN(C(C)(C)C(F)(F)F)C4)C2)C1. The molecule has 0 amide bonds. The van der Waals surface area contributed by atoms with Crippen molar-refractivity contribution in [2.75, 3.05) is 25.1 Å². The number of benzene rings is 1. The van der Waals surface area contributed by atoms with Gasteiger partial charge in [0.05, 0.1) is 19.3 Å². The molecular formula is C27H27ClF6N6O. The molecule has 0 unspecified atom stereocenters. The second kappa shape index (κ2) is 9.22. The van der Waals surface area contributed by atoms with Crippen molar-refractivity contribution in [2.45, 2.75) is 63.6 Å². The van der Waals surface area contributed by atoms with Crippen molar-refractivity contribution >= 4 is 17.4 Å². The van der Waals surface area contributed by atoms with Gasteiger partial charge in [0.1, 0.15) is 17.1 Å². The van der Waals surface area contributed by atoms with Gasteiger partial charge in [-0.15, -0.1) is 10.2 Å². The summed E-state index contributed by atoms with van der Waals surface area (Å²) in [7, 11) is 1.39. The molecule has 41 heavy (non-hydrogen) atoms. The highest BCUT2D eigenvalue weighted by atomic mass is 35.5. The van der Waals surface area contributed by atoms with Gasteiger partial charge in [-0.2, -0.15) is 26.3 Å². The van der Waals surface area contributed by atoms with E-state index in [0.29, 0.717) is 53.9 Å². The summed E-state index contributed by atoms with van der Waals surface area (Å²) in [6, 6.07) is 7.33. The average molecular weight is 601 g/mol. The lowest BCUT2D eigenvalue weighted by atomic mass is 9.57. The number of ether oxygens (including phenoxy) is 1. The summed E-state index contributed by atoms with van der Waals surface area (Å²) in [5, 5.41) is 9.17. The Hall–Kier alpha value is -3.06. The van der Waals surface area contributed by atoms with E-state index in [-0.39, 0.29) is 36.0 Å². The molecule has 0 atom stereocenters. The maximum atomic E-state index is 14.0. The van der Waals surface area contributed by atoms with E-state index in [9.17, 15) is 26.3 Å². The first-order chi connectivity index (χ1) is 19.1. The van der Waals surface area contributed by atoms with E-state index < -0.39 is 23.6 Å². The number of methoxy groups -OCH3 is 1. The topological polar surface area (TPSA) is 59.3 Å². The molecular weight excluding hydrogens is 574 g/mol. The lowest BCUT2D eigenvalue weighted by molar-refractivity contribution is -0.224. The van der Waals surface area contributed by atoms with Gasteiger partial charge in [0.2, 0.25) is 0 Å². The van der Waals surface area contributed by atoms with Crippen LogP contribution in [-0.4, -0.2) is 56.6 Å². The molecule has 1 spiro atoms. The van der Waals surface area contributed by atoms with Crippen LogP contribution in [0.25, 0.3) is 5.69 Å². The van der Waals surface area contributed by atoms with Crippen molar-refractivity contribution in [1.82, 2.24) is 24.6 Å². The summed E-state index contributed by atoms with van der Waals surface area (Å²) in [6.45, 7) is 3.29.